The zero-order valence-corrected chi connectivity index (χ0v) is 10.6. The summed E-state index contributed by atoms with van der Waals surface area (Å²) in [5, 5.41) is 3.52. The van der Waals surface area contributed by atoms with E-state index in [-0.39, 0.29) is 0 Å². The molecule has 0 aromatic carbocycles. The van der Waals surface area contributed by atoms with Crippen LogP contribution in [0.3, 0.4) is 0 Å². The van der Waals surface area contributed by atoms with E-state index in [0.717, 1.165) is 29.6 Å². The molecule has 2 aliphatic rings. The van der Waals surface area contributed by atoms with Crippen molar-refractivity contribution >= 4 is 0 Å². The Kier molecular flexibility index (Phi) is 3.71. The lowest BCUT2D eigenvalue weighted by Gasteiger charge is -2.41. The van der Waals surface area contributed by atoms with Crippen LogP contribution in [0.4, 0.5) is 0 Å². The summed E-state index contributed by atoms with van der Waals surface area (Å²) < 4.78 is 0. The zero-order valence-electron chi connectivity index (χ0n) is 10.6. The van der Waals surface area contributed by atoms with Crippen molar-refractivity contribution in [3.05, 3.63) is 0 Å². The summed E-state index contributed by atoms with van der Waals surface area (Å²) in [5.41, 5.74) is 0. The minimum atomic E-state index is 0.907. The third kappa shape index (κ3) is 2.55. The molecule has 1 saturated heterocycles. The quantitative estimate of drug-likeness (QED) is 0.698. The van der Waals surface area contributed by atoms with Crippen molar-refractivity contribution < 1.29 is 0 Å². The summed E-state index contributed by atoms with van der Waals surface area (Å²) in [6, 6.07) is 0. The molecule has 1 aliphatic heterocycles. The summed E-state index contributed by atoms with van der Waals surface area (Å²) in [5.74, 6) is 4.89. The predicted octanol–water partition coefficient (Wildman–Crippen LogP) is 3.30. The van der Waals surface area contributed by atoms with E-state index in [9.17, 15) is 0 Å². The molecule has 1 heteroatoms. The second-order valence-electron chi connectivity index (χ2n) is 6.16. The maximum Gasteiger partial charge on any atom is -0.00204 e. The van der Waals surface area contributed by atoms with Crippen LogP contribution in [0.5, 0.6) is 0 Å². The highest BCUT2D eigenvalue weighted by Crippen LogP contribution is 2.41. The summed E-state index contributed by atoms with van der Waals surface area (Å²) in [6.07, 6.45) is 5.89. The fourth-order valence-electron chi connectivity index (χ4n) is 3.71. The van der Waals surface area contributed by atoms with Crippen molar-refractivity contribution in [1.82, 2.24) is 5.32 Å². The topological polar surface area (TPSA) is 12.0 Å². The van der Waals surface area contributed by atoms with Gasteiger partial charge in [-0.3, -0.25) is 0 Å². The fraction of sp³-hybridized carbons (Fsp3) is 1.00. The monoisotopic (exact) mass is 209 g/mol. The van der Waals surface area contributed by atoms with E-state index in [1.54, 1.807) is 0 Å². The molecule has 1 nitrogen and oxygen atoms in total. The van der Waals surface area contributed by atoms with Gasteiger partial charge in [-0.15, -0.1) is 0 Å². The lowest BCUT2D eigenvalue weighted by Crippen LogP contribution is -2.40. The van der Waals surface area contributed by atoms with E-state index < -0.39 is 0 Å². The first kappa shape index (κ1) is 11.4. The van der Waals surface area contributed by atoms with Crippen LogP contribution in [-0.2, 0) is 0 Å². The molecule has 5 atom stereocenters. The molecule has 0 aromatic rings. The molecule has 5 unspecified atom stereocenters. The Balaban J connectivity index is 1.92. The third-order valence-electron chi connectivity index (χ3n) is 5.10. The molecule has 1 aliphatic carbocycles. The first-order valence-corrected chi connectivity index (χ1v) is 6.89. The molecular weight excluding hydrogens is 182 g/mol. The van der Waals surface area contributed by atoms with Crippen molar-refractivity contribution in [1.29, 1.82) is 0 Å². The van der Waals surface area contributed by atoms with Gasteiger partial charge < -0.3 is 5.32 Å². The van der Waals surface area contributed by atoms with E-state index >= 15 is 0 Å². The highest BCUT2D eigenvalue weighted by atomic mass is 14.9. The molecule has 0 amide bonds. The largest absolute Gasteiger partial charge is 0.316 e. The second-order valence-corrected chi connectivity index (χ2v) is 6.16. The standard InChI is InChI=1S/C14H27N/c1-10-4-5-13(8-11(10)2)14-6-7-15-9-12(14)3/h10-15H,4-9H2,1-3H3. The molecule has 1 saturated carbocycles. The number of piperidine rings is 1. The first-order valence-electron chi connectivity index (χ1n) is 6.89. The van der Waals surface area contributed by atoms with Gasteiger partial charge in [-0.25, -0.2) is 0 Å². The highest BCUT2D eigenvalue weighted by molar-refractivity contribution is 4.85. The normalized spacial score (nSPS) is 47.8. The van der Waals surface area contributed by atoms with Crippen LogP contribution in [0.1, 0.15) is 46.5 Å². The molecule has 0 bridgehead atoms. The molecular formula is C14H27N. The Morgan fingerprint density at radius 3 is 2.33 bits per heavy atom. The summed E-state index contributed by atoms with van der Waals surface area (Å²) in [4.78, 5) is 0. The van der Waals surface area contributed by atoms with Crippen molar-refractivity contribution in [3.8, 4) is 0 Å². The lowest BCUT2D eigenvalue weighted by molar-refractivity contribution is 0.103. The molecule has 0 spiro atoms. The number of rotatable bonds is 1. The smallest absolute Gasteiger partial charge is 0.00204 e. The third-order valence-corrected chi connectivity index (χ3v) is 5.10. The van der Waals surface area contributed by atoms with Crippen LogP contribution < -0.4 is 5.32 Å². The minimum Gasteiger partial charge on any atom is -0.316 e. The Hall–Kier alpha value is -0.0400. The van der Waals surface area contributed by atoms with E-state index in [2.05, 4.69) is 26.1 Å². The van der Waals surface area contributed by atoms with Crippen molar-refractivity contribution in [3.63, 3.8) is 0 Å². The lowest BCUT2D eigenvalue weighted by atomic mass is 9.67. The Labute approximate surface area is 95.0 Å². The van der Waals surface area contributed by atoms with Gasteiger partial charge in [-0.2, -0.15) is 0 Å². The molecule has 88 valence electrons. The van der Waals surface area contributed by atoms with Gasteiger partial charge >= 0.3 is 0 Å². The van der Waals surface area contributed by atoms with Crippen LogP contribution in [0.2, 0.25) is 0 Å². The first-order chi connectivity index (χ1) is 7.18. The maximum absolute atomic E-state index is 3.52. The van der Waals surface area contributed by atoms with Gasteiger partial charge in [0.2, 0.25) is 0 Å². The maximum atomic E-state index is 3.52. The van der Waals surface area contributed by atoms with Gasteiger partial charge in [0.15, 0.2) is 0 Å². The predicted molar refractivity (Wildman–Crippen MR) is 65.8 cm³/mol. The number of hydrogen-bond donors (Lipinski definition) is 1. The number of nitrogens with one attached hydrogen (secondary N) is 1. The van der Waals surface area contributed by atoms with Crippen LogP contribution in [0, 0.1) is 29.6 Å². The van der Waals surface area contributed by atoms with Gasteiger partial charge in [0.1, 0.15) is 0 Å². The van der Waals surface area contributed by atoms with E-state index in [0.29, 0.717) is 0 Å². The average Bonchev–Trinajstić information content (AvgIpc) is 2.23. The minimum absolute atomic E-state index is 0.907. The summed E-state index contributed by atoms with van der Waals surface area (Å²) >= 11 is 0. The fourth-order valence-corrected chi connectivity index (χ4v) is 3.71. The molecule has 0 radical (unpaired) electrons. The van der Waals surface area contributed by atoms with Gasteiger partial charge in [0.05, 0.1) is 0 Å². The second kappa shape index (κ2) is 4.86. The van der Waals surface area contributed by atoms with Gasteiger partial charge in [0.25, 0.3) is 0 Å². The zero-order chi connectivity index (χ0) is 10.8. The van der Waals surface area contributed by atoms with Crippen LogP contribution >= 0.6 is 0 Å². The van der Waals surface area contributed by atoms with Crippen LogP contribution in [0.25, 0.3) is 0 Å². The van der Waals surface area contributed by atoms with Crippen LogP contribution in [0.15, 0.2) is 0 Å². The van der Waals surface area contributed by atoms with Crippen molar-refractivity contribution in [2.75, 3.05) is 13.1 Å². The van der Waals surface area contributed by atoms with E-state index in [1.807, 2.05) is 0 Å². The van der Waals surface area contributed by atoms with Crippen molar-refractivity contribution in [2.45, 2.75) is 46.5 Å². The summed E-state index contributed by atoms with van der Waals surface area (Å²) in [7, 11) is 0. The SMILES string of the molecule is CC1CCC(C2CCNCC2C)CC1C. The van der Waals surface area contributed by atoms with E-state index in [4.69, 9.17) is 0 Å². The van der Waals surface area contributed by atoms with Gasteiger partial charge in [-0.05, 0) is 61.9 Å². The van der Waals surface area contributed by atoms with Crippen LogP contribution in [-0.4, -0.2) is 13.1 Å². The Morgan fingerprint density at radius 2 is 1.67 bits per heavy atom. The Bertz CT molecular complexity index is 202. The molecule has 2 fully saturated rings. The molecule has 15 heavy (non-hydrogen) atoms. The van der Waals surface area contributed by atoms with Gasteiger partial charge in [-0.1, -0.05) is 27.2 Å². The average molecular weight is 209 g/mol. The Morgan fingerprint density at radius 1 is 0.867 bits per heavy atom. The molecule has 2 rings (SSSR count). The van der Waals surface area contributed by atoms with E-state index in [1.165, 1.54) is 38.8 Å². The van der Waals surface area contributed by atoms with Crippen molar-refractivity contribution in [2.24, 2.45) is 29.6 Å². The highest BCUT2D eigenvalue weighted by Gasteiger charge is 2.33. The summed E-state index contributed by atoms with van der Waals surface area (Å²) in [6.45, 7) is 9.86. The molecule has 1 N–H and O–H groups in total. The molecule has 1 heterocycles. The van der Waals surface area contributed by atoms with Gasteiger partial charge in [0, 0.05) is 0 Å². The number of hydrogen-bond acceptors (Lipinski definition) is 1. The molecule has 0 aromatic heterocycles.